The maximum absolute atomic E-state index is 6.58. The van der Waals surface area contributed by atoms with E-state index in [9.17, 15) is 0 Å². The lowest BCUT2D eigenvalue weighted by Crippen LogP contribution is -1.94. The fourth-order valence-corrected chi connectivity index (χ4v) is 9.86. The van der Waals surface area contributed by atoms with Crippen molar-refractivity contribution in [2.75, 3.05) is 0 Å². The van der Waals surface area contributed by atoms with E-state index in [1.54, 1.807) is 0 Å². The Morgan fingerprint density at radius 2 is 0.836 bits per heavy atom. The van der Waals surface area contributed by atoms with Crippen molar-refractivity contribution in [1.29, 1.82) is 0 Å². The highest BCUT2D eigenvalue weighted by Gasteiger charge is 2.19. The van der Waals surface area contributed by atoms with Gasteiger partial charge in [0.2, 0.25) is 0 Å². The lowest BCUT2D eigenvalue weighted by atomic mass is 9.96. The Bertz CT molecular complexity index is 3870. The Morgan fingerprint density at radius 1 is 0.279 bits per heavy atom. The Hall–Kier alpha value is -8.14. The smallest absolute Gasteiger partial charge is 0.136 e. The van der Waals surface area contributed by atoms with Gasteiger partial charge in [0.25, 0.3) is 0 Å². The van der Waals surface area contributed by atoms with Crippen LogP contribution < -0.4 is 0 Å². The van der Waals surface area contributed by atoms with Crippen molar-refractivity contribution in [1.82, 2.24) is 9.13 Å². The van der Waals surface area contributed by atoms with E-state index in [1.807, 2.05) is 0 Å². The maximum Gasteiger partial charge on any atom is 0.136 e. The van der Waals surface area contributed by atoms with Gasteiger partial charge in [-0.25, -0.2) is 0 Å². The Kier molecular flexibility index (Phi) is 7.31. The van der Waals surface area contributed by atoms with Crippen molar-refractivity contribution >= 4 is 76.3 Å². The molecule has 3 nitrogen and oxygen atoms in total. The molecule has 0 aliphatic rings. The molecule has 0 saturated carbocycles. The summed E-state index contributed by atoms with van der Waals surface area (Å²) in [6, 6.07) is 79.2. The van der Waals surface area contributed by atoms with Crippen LogP contribution >= 0.6 is 0 Å². The number of fused-ring (bicyclic) bond motifs is 10. The summed E-state index contributed by atoms with van der Waals surface area (Å²) in [5.41, 5.74) is 15.9. The number of para-hydroxylation sites is 2. The van der Waals surface area contributed by atoms with Gasteiger partial charge in [0.1, 0.15) is 11.2 Å². The molecule has 0 aliphatic carbocycles. The molecular weight excluding hydrogens is 741 g/mol. The van der Waals surface area contributed by atoms with E-state index >= 15 is 0 Å². The van der Waals surface area contributed by atoms with Crippen molar-refractivity contribution in [2.24, 2.45) is 0 Å². The minimum atomic E-state index is 0.885. The normalized spacial score (nSPS) is 11.9. The van der Waals surface area contributed by atoms with E-state index in [-0.39, 0.29) is 0 Å². The molecule has 0 spiro atoms. The minimum absolute atomic E-state index is 0.885. The highest BCUT2D eigenvalue weighted by molar-refractivity contribution is 6.17. The van der Waals surface area contributed by atoms with Gasteiger partial charge in [-0.05, 0) is 129 Å². The number of nitrogens with zero attached hydrogens (tertiary/aromatic N) is 2. The first-order chi connectivity index (χ1) is 30.2. The predicted octanol–water partition coefficient (Wildman–Crippen LogP) is 15.9. The number of aromatic nitrogens is 2. The molecule has 0 unspecified atom stereocenters. The highest BCUT2D eigenvalue weighted by atomic mass is 16.3. The first-order valence-corrected chi connectivity index (χ1v) is 20.9. The Balaban J connectivity index is 0.983. The molecule has 3 heterocycles. The van der Waals surface area contributed by atoms with E-state index in [4.69, 9.17) is 4.42 Å². The predicted molar refractivity (Wildman–Crippen MR) is 256 cm³/mol. The van der Waals surface area contributed by atoms with Crippen LogP contribution in [0.15, 0.2) is 223 Å². The number of hydrogen-bond donors (Lipinski definition) is 0. The van der Waals surface area contributed by atoms with Gasteiger partial charge in [-0.2, -0.15) is 0 Å². The summed E-state index contributed by atoms with van der Waals surface area (Å²) >= 11 is 0. The second kappa shape index (κ2) is 13.2. The highest BCUT2D eigenvalue weighted by Crippen LogP contribution is 2.43. The van der Waals surface area contributed by atoms with E-state index in [2.05, 4.69) is 228 Å². The molecule has 0 bridgehead atoms. The summed E-state index contributed by atoms with van der Waals surface area (Å²) in [6.07, 6.45) is 0. The second-order valence-corrected chi connectivity index (χ2v) is 16.1. The molecule has 3 aromatic heterocycles. The molecule has 284 valence electrons. The van der Waals surface area contributed by atoms with Gasteiger partial charge in [0.05, 0.1) is 22.1 Å². The molecule has 13 rings (SSSR count). The van der Waals surface area contributed by atoms with Crippen LogP contribution in [0.2, 0.25) is 0 Å². The first-order valence-electron chi connectivity index (χ1n) is 20.9. The topological polar surface area (TPSA) is 23.0 Å². The van der Waals surface area contributed by atoms with Crippen molar-refractivity contribution in [3.63, 3.8) is 0 Å². The number of rotatable bonds is 5. The summed E-state index contributed by atoms with van der Waals surface area (Å²) in [7, 11) is 0. The zero-order chi connectivity index (χ0) is 40.0. The molecule has 0 saturated heterocycles. The lowest BCUT2D eigenvalue weighted by molar-refractivity contribution is 0.669. The lowest BCUT2D eigenvalue weighted by Gasteiger charge is -2.11. The number of furan rings is 1. The van der Waals surface area contributed by atoms with Crippen molar-refractivity contribution in [3.05, 3.63) is 218 Å². The minimum Gasteiger partial charge on any atom is -0.456 e. The van der Waals surface area contributed by atoms with Crippen LogP contribution in [0.3, 0.4) is 0 Å². The van der Waals surface area contributed by atoms with Crippen LogP contribution in [0.25, 0.3) is 121 Å². The zero-order valence-electron chi connectivity index (χ0n) is 33.1. The van der Waals surface area contributed by atoms with E-state index < -0.39 is 0 Å². The second-order valence-electron chi connectivity index (χ2n) is 16.1. The molecule has 3 heteroatoms. The summed E-state index contributed by atoms with van der Waals surface area (Å²) in [5, 5.41) is 9.64. The average Bonchev–Trinajstić information content (AvgIpc) is 3.98. The summed E-state index contributed by atoms with van der Waals surface area (Å²) in [6.45, 7) is 0. The monoisotopic (exact) mass is 776 g/mol. The van der Waals surface area contributed by atoms with E-state index in [0.29, 0.717) is 0 Å². The van der Waals surface area contributed by atoms with Crippen molar-refractivity contribution in [2.45, 2.75) is 0 Å². The summed E-state index contributed by atoms with van der Waals surface area (Å²) < 4.78 is 11.4. The summed E-state index contributed by atoms with van der Waals surface area (Å²) in [4.78, 5) is 0. The fourth-order valence-electron chi connectivity index (χ4n) is 9.86. The van der Waals surface area contributed by atoms with Gasteiger partial charge >= 0.3 is 0 Å². The third-order valence-corrected chi connectivity index (χ3v) is 12.7. The third kappa shape index (κ3) is 5.24. The Morgan fingerprint density at radius 3 is 1.67 bits per heavy atom. The molecule has 0 fully saturated rings. The van der Waals surface area contributed by atoms with Crippen molar-refractivity contribution < 1.29 is 4.42 Å². The maximum atomic E-state index is 6.58. The quantitative estimate of drug-likeness (QED) is 0.171. The molecule has 0 N–H and O–H groups in total. The average molecular weight is 777 g/mol. The Labute approximate surface area is 351 Å². The van der Waals surface area contributed by atoms with Crippen LogP contribution in [0, 0.1) is 0 Å². The van der Waals surface area contributed by atoms with Gasteiger partial charge in [0.15, 0.2) is 0 Å². The SMILES string of the molecule is c1ccc(-c2cccc(-n3c4ccc(-c5ccc6oc7cccc(-c8ccc9c(c8)c8ccccc8n9-c8ccccc8)c7c6c5)cc4c4cc5ccccc5cc43)c2)cc1. The number of benzene rings is 10. The molecule has 0 atom stereocenters. The van der Waals surface area contributed by atoms with E-state index in [1.165, 1.54) is 76.6 Å². The molecule has 0 aliphatic heterocycles. The first kappa shape index (κ1) is 33.8. The molecular formula is C58H36N2O. The van der Waals surface area contributed by atoms with Gasteiger partial charge in [0, 0.05) is 43.7 Å². The molecule has 13 aromatic rings. The van der Waals surface area contributed by atoms with Gasteiger partial charge in [-0.1, -0.05) is 133 Å². The van der Waals surface area contributed by atoms with Gasteiger partial charge < -0.3 is 13.6 Å². The van der Waals surface area contributed by atoms with Crippen LogP contribution in [0.1, 0.15) is 0 Å². The third-order valence-electron chi connectivity index (χ3n) is 12.7. The van der Waals surface area contributed by atoms with Crippen LogP contribution in [0.5, 0.6) is 0 Å². The van der Waals surface area contributed by atoms with Crippen molar-refractivity contribution in [3.8, 4) is 44.8 Å². The molecule has 10 aromatic carbocycles. The van der Waals surface area contributed by atoms with Gasteiger partial charge in [-0.3, -0.25) is 0 Å². The summed E-state index contributed by atoms with van der Waals surface area (Å²) in [5.74, 6) is 0. The fraction of sp³-hybridized carbons (Fsp3) is 0. The molecule has 61 heavy (non-hydrogen) atoms. The van der Waals surface area contributed by atoms with E-state index in [0.717, 1.165) is 44.4 Å². The van der Waals surface area contributed by atoms with Gasteiger partial charge in [-0.15, -0.1) is 0 Å². The molecule has 0 radical (unpaired) electrons. The number of hydrogen-bond acceptors (Lipinski definition) is 1. The van der Waals surface area contributed by atoms with Crippen LogP contribution in [-0.2, 0) is 0 Å². The largest absolute Gasteiger partial charge is 0.456 e. The van der Waals surface area contributed by atoms with Crippen LogP contribution in [-0.4, -0.2) is 9.13 Å². The van der Waals surface area contributed by atoms with Crippen LogP contribution in [0.4, 0.5) is 0 Å². The molecule has 0 amide bonds. The standard InChI is InChI=1S/C58H36N2O/c1-3-13-37(14-4-1)38-17-11-20-45(31-38)60-54-28-25-41(33-49(54)50-32-39-15-7-8-16-40(39)36-55(50)60)42-27-30-56-51(34-42)58-46(22-12-24-57(58)61-56)43-26-29-53-48(35-43)47-21-9-10-23-52(47)59(53)44-18-5-2-6-19-44/h1-36H. The zero-order valence-corrected chi connectivity index (χ0v) is 33.1.